The van der Waals surface area contributed by atoms with Crippen LogP contribution in [0.25, 0.3) is 0 Å². The quantitative estimate of drug-likeness (QED) is 0.856. The van der Waals surface area contributed by atoms with Gasteiger partial charge in [0.1, 0.15) is 0 Å². The molecule has 2 nitrogen and oxygen atoms in total. The molecule has 0 amide bonds. The molecule has 1 aliphatic rings. The van der Waals surface area contributed by atoms with E-state index in [2.05, 4.69) is 65.1 Å². The Balaban J connectivity index is 2.26. The van der Waals surface area contributed by atoms with Crippen molar-refractivity contribution in [2.75, 3.05) is 24.5 Å². The molecule has 1 aromatic rings. The molecule has 0 aliphatic carbocycles. The van der Waals surface area contributed by atoms with Crippen LogP contribution in [0.2, 0.25) is 0 Å². The molecule has 94 valence electrons. The van der Waals surface area contributed by atoms with Gasteiger partial charge in [-0.25, -0.2) is 0 Å². The zero-order valence-electron chi connectivity index (χ0n) is 10.8. The average Bonchev–Trinajstić information content (AvgIpc) is 2.45. The van der Waals surface area contributed by atoms with Crippen LogP contribution in [0, 0.1) is 12.8 Å². The van der Waals surface area contributed by atoms with E-state index >= 15 is 0 Å². The normalized spacial score (nSPS) is 25.8. The van der Waals surface area contributed by atoms with Gasteiger partial charge in [-0.15, -0.1) is 0 Å². The van der Waals surface area contributed by atoms with Crippen LogP contribution in [-0.4, -0.2) is 25.7 Å². The predicted molar refractivity (Wildman–Crippen MR) is 77.7 cm³/mol. The zero-order valence-corrected chi connectivity index (χ0v) is 12.4. The number of benzene rings is 1. The van der Waals surface area contributed by atoms with Crippen molar-refractivity contribution in [2.24, 2.45) is 5.92 Å². The van der Waals surface area contributed by atoms with Gasteiger partial charge in [-0.1, -0.05) is 22.9 Å². The molecule has 1 aliphatic heterocycles. The molecule has 1 saturated heterocycles. The molecule has 0 bridgehead atoms. The summed E-state index contributed by atoms with van der Waals surface area (Å²) >= 11 is 3.56. The molecule has 0 radical (unpaired) electrons. The van der Waals surface area contributed by atoms with Crippen molar-refractivity contribution in [3.63, 3.8) is 0 Å². The molecule has 2 atom stereocenters. The van der Waals surface area contributed by atoms with E-state index < -0.39 is 0 Å². The van der Waals surface area contributed by atoms with E-state index in [1.54, 1.807) is 0 Å². The third-order valence-electron chi connectivity index (χ3n) is 3.45. The molecule has 2 rings (SSSR count). The number of nitrogens with zero attached hydrogens (tertiary/aromatic N) is 1. The molecular weight excluding hydrogens is 276 g/mol. The van der Waals surface area contributed by atoms with Crippen molar-refractivity contribution in [2.45, 2.75) is 26.8 Å². The van der Waals surface area contributed by atoms with Crippen molar-refractivity contribution in [3.05, 3.63) is 28.2 Å². The van der Waals surface area contributed by atoms with E-state index in [-0.39, 0.29) is 0 Å². The van der Waals surface area contributed by atoms with E-state index in [0.29, 0.717) is 12.0 Å². The molecule has 1 heterocycles. The summed E-state index contributed by atoms with van der Waals surface area (Å²) in [7, 11) is 0. The molecule has 0 spiro atoms. The van der Waals surface area contributed by atoms with Crippen LogP contribution in [0.3, 0.4) is 0 Å². The SMILES string of the molecule is Cc1cc(N2CC(C)CNCC2C)ccc1Br. The second kappa shape index (κ2) is 5.40. The highest BCUT2D eigenvalue weighted by Crippen LogP contribution is 2.25. The molecule has 17 heavy (non-hydrogen) atoms. The zero-order chi connectivity index (χ0) is 12.4. The molecule has 1 N–H and O–H groups in total. The van der Waals surface area contributed by atoms with Crippen molar-refractivity contribution >= 4 is 21.6 Å². The highest BCUT2D eigenvalue weighted by molar-refractivity contribution is 9.10. The Labute approximate surface area is 113 Å². The summed E-state index contributed by atoms with van der Waals surface area (Å²) in [6, 6.07) is 7.20. The lowest BCUT2D eigenvalue weighted by atomic mass is 10.1. The summed E-state index contributed by atoms with van der Waals surface area (Å²) in [5.41, 5.74) is 2.65. The maximum Gasteiger partial charge on any atom is 0.0386 e. The first-order valence-corrected chi connectivity index (χ1v) is 7.10. The fourth-order valence-electron chi connectivity index (χ4n) is 2.40. The van der Waals surface area contributed by atoms with Gasteiger partial charge in [0.15, 0.2) is 0 Å². The van der Waals surface area contributed by atoms with Crippen LogP contribution in [0.4, 0.5) is 5.69 Å². The summed E-state index contributed by atoms with van der Waals surface area (Å²) in [5.74, 6) is 0.698. The number of hydrogen-bond donors (Lipinski definition) is 1. The lowest BCUT2D eigenvalue weighted by Gasteiger charge is -2.31. The smallest absolute Gasteiger partial charge is 0.0386 e. The van der Waals surface area contributed by atoms with Crippen LogP contribution >= 0.6 is 15.9 Å². The van der Waals surface area contributed by atoms with Crippen molar-refractivity contribution in [3.8, 4) is 0 Å². The van der Waals surface area contributed by atoms with Gasteiger partial charge in [0.05, 0.1) is 0 Å². The van der Waals surface area contributed by atoms with Crippen LogP contribution in [-0.2, 0) is 0 Å². The Bertz CT molecular complexity index is 392. The number of halogens is 1. The van der Waals surface area contributed by atoms with Crippen LogP contribution in [0.15, 0.2) is 22.7 Å². The molecule has 3 heteroatoms. The van der Waals surface area contributed by atoms with E-state index in [4.69, 9.17) is 0 Å². The summed E-state index contributed by atoms with van der Waals surface area (Å²) in [6.45, 7) is 10.1. The number of nitrogens with one attached hydrogen (secondary N) is 1. The Morgan fingerprint density at radius 1 is 1.29 bits per heavy atom. The van der Waals surface area contributed by atoms with Crippen LogP contribution in [0.5, 0.6) is 0 Å². The first-order valence-electron chi connectivity index (χ1n) is 6.31. The van der Waals surface area contributed by atoms with Gasteiger partial charge in [-0.2, -0.15) is 0 Å². The topological polar surface area (TPSA) is 15.3 Å². The summed E-state index contributed by atoms with van der Waals surface area (Å²) < 4.78 is 1.19. The maximum atomic E-state index is 3.56. The standard InChI is InChI=1S/C14H21BrN2/c1-10-7-16-8-12(3)17(9-10)13-4-5-14(15)11(2)6-13/h4-6,10,12,16H,7-9H2,1-3H3. The van der Waals surface area contributed by atoms with Gasteiger partial charge < -0.3 is 10.2 Å². The molecule has 1 fully saturated rings. The first-order chi connectivity index (χ1) is 8.08. The maximum absolute atomic E-state index is 3.56. The molecule has 0 aromatic heterocycles. The summed E-state index contributed by atoms with van der Waals surface area (Å²) in [6.07, 6.45) is 0. The second-order valence-corrected chi connectivity index (χ2v) is 6.05. The predicted octanol–water partition coefficient (Wildman–Crippen LogP) is 3.19. The van der Waals surface area contributed by atoms with E-state index in [0.717, 1.165) is 19.6 Å². The van der Waals surface area contributed by atoms with Gasteiger partial charge in [-0.3, -0.25) is 0 Å². The van der Waals surface area contributed by atoms with Gasteiger partial charge in [-0.05, 0) is 50.1 Å². The third kappa shape index (κ3) is 3.02. The summed E-state index contributed by atoms with van der Waals surface area (Å²) in [5, 5.41) is 3.52. The highest BCUT2D eigenvalue weighted by atomic mass is 79.9. The third-order valence-corrected chi connectivity index (χ3v) is 4.34. The lowest BCUT2D eigenvalue weighted by molar-refractivity contribution is 0.564. The highest BCUT2D eigenvalue weighted by Gasteiger charge is 2.20. The van der Waals surface area contributed by atoms with Crippen LogP contribution in [0.1, 0.15) is 19.4 Å². The molecule has 0 saturated carbocycles. The van der Waals surface area contributed by atoms with E-state index in [9.17, 15) is 0 Å². The number of rotatable bonds is 1. The van der Waals surface area contributed by atoms with E-state index in [1.165, 1.54) is 15.7 Å². The molecular formula is C14H21BrN2. The number of anilines is 1. The van der Waals surface area contributed by atoms with E-state index in [1.807, 2.05) is 0 Å². The van der Waals surface area contributed by atoms with Gasteiger partial charge in [0, 0.05) is 29.3 Å². The lowest BCUT2D eigenvalue weighted by Crippen LogP contribution is -2.38. The Hall–Kier alpha value is -0.540. The Morgan fingerprint density at radius 3 is 2.76 bits per heavy atom. The minimum atomic E-state index is 0.556. The Kier molecular flexibility index (Phi) is 4.10. The number of hydrogen-bond acceptors (Lipinski definition) is 2. The monoisotopic (exact) mass is 296 g/mol. The minimum Gasteiger partial charge on any atom is -0.367 e. The van der Waals surface area contributed by atoms with Crippen LogP contribution < -0.4 is 10.2 Å². The van der Waals surface area contributed by atoms with Crippen molar-refractivity contribution in [1.82, 2.24) is 5.32 Å². The minimum absolute atomic E-state index is 0.556. The van der Waals surface area contributed by atoms with Crippen molar-refractivity contribution in [1.29, 1.82) is 0 Å². The average molecular weight is 297 g/mol. The first kappa shape index (κ1) is 12.9. The van der Waals surface area contributed by atoms with Crippen molar-refractivity contribution < 1.29 is 0 Å². The van der Waals surface area contributed by atoms with Gasteiger partial charge in [0.2, 0.25) is 0 Å². The summed E-state index contributed by atoms with van der Waals surface area (Å²) in [4.78, 5) is 2.52. The Morgan fingerprint density at radius 2 is 2.06 bits per heavy atom. The second-order valence-electron chi connectivity index (χ2n) is 5.20. The molecule has 1 aromatic carbocycles. The fraction of sp³-hybridized carbons (Fsp3) is 0.571. The molecule has 2 unspecified atom stereocenters. The largest absolute Gasteiger partial charge is 0.367 e. The van der Waals surface area contributed by atoms with Gasteiger partial charge >= 0.3 is 0 Å². The number of aryl methyl sites for hydroxylation is 1. The fourth-order valence-corrected chi connectivity index (χ4v) is 2.64. The van der Waals surface area contributed by atoms with Gasteiger partial charge in [0.25, 0.3) is 0 Å².